The maximum absolute atomic E-state index is 13.9. The number of hydrogen-bond donors (Lipinski definition) is 1. The summed E-state index contributed by atoms with van der Waals surface area (Å²) < 4.78 is 27.9. The highest BCUT2D eigenvalue weighted by atomic mass is 79.9. The second-order valence-electron chi connectivity index (χ2n) is 4.68. The van der Waals surface area contributed by atoms with Gasteiger partial charge in [-0.15, -0.1) is 0 Å². The van der Waals surface area contributed by atoms with E-state index in [9.17, 15) is 8.78 Å². The van der Waals surface area contributed by atoms with Gasteiger partial charge in [0, 0.05) is 11.6 Å². The minimum atomic E-state index is -0.553. The molecule has 1 aromatic carbocycles. The molecule has 2 N–H and O–H groups in total. The fraction of sp³-hybridized carbons (Fsp3) is 0.538. The third kappa shape index (κ3) is 2.68. The number of hydrogen-bond acceptors (Lipinski definition) is 1. The van der Waals surface area contributed by atoms with Crippen LogP contribution in [0, 0.1) is 17.6 Å². The second kappa shape index (κ2) is 5.44. The SMILES string of the molecule is NC(c1c(F)ccc(Br)c1F)C1CCCCC1. The monoisotopic (exact) mass is 303 g/mol. The summed E-state index contributed by atoms with van der Waals surface area (Å²) >= 11 is 3.08. The van der Waals surface area contributed by atoms with Crippen molar-refractivity contribution in [2.45, 2.75) is 38.1 Å². The van der Waals surface area contributed by atoms with Crippen molar-refractivity contribution in [3.05, 3.63) is 33.8 Å². The second-order valence-corrected chi connectivity index (χ2v) is 5.54. The van der Waals surface area contributed by atoms with Gasteiger partial charge in [-0.1, -0.05) is 19.3 Å². The van der Waals surface area contributed by atoms with E-state index in [2.05, 4.69) is 15.9 Å². The molecule has 94 valence electrons. The maximum Gasteiger partial charge on any atom is 0.145 e. The van der Waals surface area contributed by atoms with E-state index in [1.165, 1.54) is 18.6 Å². The third-order valence-corrected chi connectivity index (χ3v) is 4.18. The Bertz CT molecular complexity index is 403. The Morgan fingerprint density at radius 2 is 1.82 bits per heavy atom. The minimum Gasteiger partial charge on any atom is -0.324 e. The van der Waals surface area contributed by atoms with E-state index in [1.54, 1.807) is 0 Å². The molecule has 0 spiro atoms. The average molecular weight is 304 g/mol. The molecule has 1 fully saturated rings. The Morgan fingerprint density at radius 1 is 1.18 bits per heavy atom. The van der Waals surface area contributed by atoms with Crippen LogP contribution in [0.4, 0.5) is 8.78 Å². The molecule has 1 aromatic rings. The Kier molecular flexibility index (Phi) is 4.15. The molecule has 1 nitrogen and oxygen atoms in total. The lowest BCUT2D eigenvalue weighted by Crippen LogP contribution is -2.25. The van der Waals surface area contributed by atoms with Crippen LogP contribution in [-0.4, -0.2) is 0 Å². The van der Waals surface area contributed by atoms with Gasteiger partial charge in [0.25, 0.3) is 0 Å². The van der Waals surface area contributed by atoms with E-state index in [0.29, 0.717) is 0 Å². The van der Waals surface area contributed by atoms with E-state index in [1.807, 2.05) is 0 Å². The van der Waals surface area contributed by atoms with Gasteiger partial charge < -0.3 is 5.73 Å². The van der Waals surface area contributed by atoms with E-state index in [-0.39, 0.29) is 16.0 Å². The number of benzene rings is 1. The number of halogens is 3. The molecule has 1 atom stereocenters. The Morgan fingerprint density at radius 3 is 2.47 bits per heavy atom. The van der Waals surface area contributed by atoms with Crippen LogP contribution in [0.1, 0.15) is 43.7 Å². The molecule has 0 aromatic heterocycles. The van der Waals surface area contributed by atoms with Gasteiger partial charge >= 0.3 is 0 Å². The Balaban J connectivity index is 2.29. The number of rotatable bonds is 2. The summed E-state index contributed by atoms with van der Waals surface area (Å²) in [5.74, 6) is -0.895. The van der Waals surface area contributed by atoms with Crippen molar-refractivity contribution >= 4 is 15.9 Å². The van der Waals surface area contributed by atoms with Crippen LogP contribution >= 0.6 is 15.9 Å². The highest BCUT2D eigenvalue weighted by molar-refractivity contribution is 9.10. The molecule has 1 aliphatic carbocycles. The lowest BCUT2D eigenvalue weighted by Gasteiger charge is -2.28. The molecule has 0 heterocycles. The van der Waals surface area contributed by atoms with E-state index in [0.717, 1.165) is 25.7 Å². The van der Waals surface area contributed by atoms with Gasteiger partial charge in [-0.3, -0.25) is 0 Å². The predicted octanol–water partition coefficient (Wildman–Crippen LogP) is 4.31. The fourth-order valence-corrected chi connectivity index (χ4v) is 2.92. The molecular formula is C13H16BrF2N. The summed E-state index contributed by atoms with van der Waals surface area (Å²) in [5.41, 5.74) is 6.07. The first-order valence-electron chi connectivity index (χ1n) is 6.00. The van der Waals surface area contributed by atoms with Gasteiger partial charge in [0.2, 0.25) is 0 Å². The molecule has 4 heteroatoms. The standard InChI is InChI=1S/C13H16BrF2N/c14-9-6-7-10(15)11(12(9)16)13(17)8-4-2-1-3-5-8/h6-8,13H,1-5,17H2. The van der Waals surface area contributed by atoms with Crippen LogP contribution in [-0.2, 0) is 0 Å². The first-order chi connectivity index (χ1) is 8.11. The van der Waals surface area contributed by atoms with Crippen LogP contribution in [0.5, 0.6) is 0 Å². The molecule has 2 rings (SSSR count). The molecular weight excluding hydrogens is 288 g/mol. The van der Waals surface area contributed by atoms with Crippen molar-refractivity contribution < 1.29 is 8.78 Å². The van der Waals surface area contributed by atoms with Crippen LogP contribution < -0.4 is 5.73 Å². The zero-order valence-electron chi connectivity index (χ0n) is 9.56. The highest BCUT2D eigenvalue weighted by Gasteiger charge is 2.27. The highest BCUT2D eigenvalue weighted by Crippen LogP contribution is 2.36. The molecule has 1 saturated carbocycles. The normalized spacial score (nSPS) is 19.3. The molecule has 0 amide bonds. The van der Waals surface area contributed by atoms with Gasteiger partial charge in [0.15, 0.2) is 0 Å². The maximum atomic E-state index is 13.9. The van der Waals surface area contributed by atoms with Crippen molar-refractivity contribution in [1.29, 1.82) is 0 Å². The molecule has 0 saturated heterocycles. The van der Waals surface area contributed by atoms with Crippen molar-refractivity contribution in [2.75, 3.05) is 0 Å². The minimum absolute atomic E-state index is 0.0336. The zero-order chi connectivity index (χ0) is 12.4. The largest absolute Gasteiger partial charge is 0.324 e. The summed E-state index contributed by atoms with van der Waals surface area (Å²) in [6, 6.07) is 2.11. The topological polar surface area (TPSA) is 26.0 Å². The molecule has 1 aliphatic rings. The van der Waals surface area contributed by atoms with Gasteiger partial charge in [-0.05, 0) is 46.8 Å². The molecule has 0 radical (unpaired) electrons. The summed E-state index contributed by atoms with van der Waals surface area (Å²) in [6.45, 7) is 0. The first kappa shape index (κ1) is 13.0. The summed E-state index contributed by atoms with van der Waals surface area (Å²) in [4.78, 5) is 0. The Hall–Kier alpha value is -0.480. The van der Waals surface area contributed by atoms with Crippen molar-refractivity contribution in [3.8, 4) is 0 Å². The van der Waals surface area contributed by atoms with Crippen LogP contribution in [0.25, 0.3) is 0 Å². The van der Waals surface area contributed by atoms with Crippen molar-refractivity contribution in [2.24, 2.45) is 11.7 Å². The predicted molar refractivity (Wildman–Crippen MR) is 67.6 cm³/mol. The van der Waals surface area contributed by atoms with Crippen LogP contribution in [0.2, 0.25) is 0 Å². The summed E-state index contributed by atoms with van der Waals surface area (Å²) in [5, 5.41) is 0. The average Bonchev–Trinajstić information content (AvgIpc) is 2.35. The summed E-state index contributed by atoms with van der Waals surface area (Å²) in [7, 11) is 0. The van der Waals surface area contributed by atoms with E-state index in [4.69, 9.17) is 5.73 Å². The van der Waals surface area contributed by atoms with Crippen molar-refractivity contribution in [3.63, 3.8) is 0 Å². The first-order valence-corrected chi connectivity index (χ1v) is 6.79. The molecule has 0 bridgehead atoms. The molecule has 17 heavy (non-hydrogen) atoms. The van der Waals surface area contributed by atoms with Gasteiger partial charge in [-0.25, -0.2) is 8.78 Å². The quantitative estimate of drug-likeness (QED) is 0.810. The van der Waals surface area contributed by atoms with Gasteiger partial charge in [0.05, 0.1) is 4.47 Å². The Labute approximate surface area is 109 Å². The lowest BCUT2D eigenvalue weighted by molar-refractivity contribution is 0.298. The van der Waals surface area contributed by atoms with E-state index >= 15 is 0 Å². The lowest BCUT2D eigenvalue weighted by atomic mass is 9.81. The zero-order valence-corrected chi connectivity index (χ0v) is 11.1. The smallest absolute Gasteiger partial charge is 0.145 e. The summed E-state index contributed by atoms with van der Waals surface area (Å²) in [6.07, 6.45) is 5.34. The van der Waals surface area contributed by atoms with Crippen LogP contribution in [0.15, 0.2) is 16.6 Å². The van der Waals surface area contributed by atoms with Crippen LogP contribution in [0.3, 0.4) is 0 Å². The third-order valence-electron chi connectivity index (χ3n) is 3.57. The van der Waals surface area contributed by atoms with Crippen molar-refractivity contribution in [1.82, 2.24) is 0 Å². The molecule has 1 unspecified atom stereocenters. The fourth-order valence-electron chi connectivity index (χ4n) is 2.58. The van der Waals surface area contributed by atoms with Gasteiger partial charge in [-0.2, -0.15) is 0 Å². The van der Waals surface area contributed by atoms with Gasteiger partial charge in [0.1, 0.15) is 11.6 Å². The van der Waals surface area contributed by atoms with E-state index < -0.39 is 17.7 Å². The number of nitrogens with two attached hydrogens (primary N) is 1. The molecule has 0 aliphatic heterocycles.